The van der Waals surface area contributed by atoms with Gasteiger partial charge in [-0.25, -0.2) is 0 Å². The minimum absolute atomic E-state index is 0.189. The number of rotatable bonds is 3. The fourth-order valence-corrected chi connectivity index (χ4v) is 2.09. The highest BCUT2D eigenvalue weighted by atomic mass is 16.3. The monoisotopic (exact) mass is 250 g/mol. The number of aromatic hydroxyl groups is 1. The van der Waals surface area contributed by atoms with E-state index in [-0.39, 0.29) is 5.75 Å². The van der Waals surface area contributed by atoms with Gasteiger partial charge in [-0.3, -0.25) is 4.98 Å². The molecule has 2 N–H and O–H groups in total. The van der Waals surface area contributed by atoms with Crippen LogP contribution in [0.25, 0.3) is 10.8 Å². The van der Waals surface area contributed by atoms with Crippen LogP contribution in [0.15, 0.2) is 60.8 Å². The summed E-state index contributed by atoms with van der Waals surface area (Å²) in [6.45, 7) is 0.633. The van der Waals surface area contributed by atoms with Crippen molar-refractivity contribution in [2.75, 3.05) is 5.32 Å². The Kier molecular flexibility index (Phi) is 3.02. The van der Waals surface area contributed by atoms with E-state index in [1.165, 1.54) is 17.0 Å². The van der Waals surface area contributed by atoms with Gasteiger partial charge in [0.05, 0.1) is 18.4 Å². The van der Waals surface area contributed by atoms with Crippen LogP contribution in [0.3, 0.4) is 0 Å². The molecule has 1 heterocycles. The quantitative estimate of drug-likeness (QED) is 0.747. The molecule has 1 aromatic heterocycles. The van der Waals surface area contributed by atoms with Gasteiger partial charge in [0.2, 0.25) is 0 Å². The lowest BCUT2D eigenvalue weighted by atomic mass is 10.1. The zero-order valence-corrected chi connectivity index (χ0v) is 10.4. The van der Waals surface area contributed by atoms with Crippen LogP contribution in [-0.2, 0) is 6.54 Å². The number of nitrogens with one attached hydrogen (secondary N) is 1. The maximum absolute atomic E-state index is 9.20. The number of fused-ring (bicyclic) bond motifs is 1. The summed E-state index contributed by atoms with van der Waals surface area (Å²) in [5.74, 6) is 0.189. The first kappa shape index (κ1) is 11.5. The SMILES string of the molecule is Oc1ccc(CNc2cccc3ccccc23)nc1. The average Bonchev–Trinajstić information content (AvgIpc) is 2.47. The Morgan fingerprint density at radius 3 is 2.63 bits per heavy atom. The number of anilines is 1. The van der Waals surface area contributed by atoms with Gasteiger partial charge in [0.25, 0.3) is 0 Å². The molecule has 0 spiro atoms. The topological polar surface area (TPSA) is 45.1 Å². The third-order valence-corrected chi connectivity index (χ3v) is 3.06. The van der Waals surface area contributed by atoms with Gasteiger partial charge >= 0.3 is 0 Å². The molecule has 0 atom stereocenters. The number of benzene rings is 2. The summed E-state index contributed by atoms with van der Waals surface area (Å²) < 4.78 is 0. The lowest BCUT2D eigenvalue weighted by Crippen LogP contribution is -2.01. The van der Waals surface area contributed by atoms with Crippen molar-refractivity contribution in [2.45, 2.75) is 6.54 Å². The summed E-state index contributed by atoms with van der Waals surface area (Å²) in [6, 6.07) is 17.9. The normalized spacial score (nSPS) is 10.5. The molecule has 19 heavy (non-hydrogen) atoms. The van der Waals surface area contributed by atoms with Gasteiger partial charge < -0.3 is 10.4 Å². The van der Waals surface area contributed by atoms with Gasteiger partial charge in [0, 0.05) is 11.1 Å². The van der Waals surface area contributed by atoms with Crippen molar-refractivity contribution in [1.82, 2.24) is 4.98 Å². The van der Waals surface area contributed by atoms with E-state index in [1.807, 2.05) is 24.3 Å². The van der Waals surface area contributed by atoms with Crippen molar-refractivity contribution < 1.29 is 5.11 Å². The smallest absolute Gasteiger partial charge is 0.133 e. The Hall–Kier alpha value is -2.55. The van der Waals surface area contributed by atoms with Gasteiger partial charge in [0.15, 0.2) is 0 Å². The molecule has 0 aliphatic carbocycles. The van der Waals surface area contributed by atoms with Crippen molar-refractivity contribution in [2.24, 2.45) is 0 Å². The van der Waals surface area contributed by atoms with E-state index < -0.39 is 0 Å². The summed E-state index contributed by atoms with van der Waals surface area (Å²) in [7, 11) is 0. The van der Waals surface area contributed by atoms with Gasteiger partial charge in [-0.2, -0.15) is 0 Å². The Bertz CT molecular complexity index is 687. The van der Waals surface area contributed by atoms with Crippen molar-refractivity contribution in [3.8, 4) is 5.75 Å². The minimum atomic E-state index is 0.189. The van der Waals surface area contributed by atoms with E-state index in [1.54, 1.807) is 6.07 Å². The van der Waals surface area contributed by atoms with Crippen LogP contribution >= 0.6 is 0 Å². The zero-order chi connectivity index (χ0) is 13.1. The van der Waals surface area contributed by atoms with Crippen molar-refractivity contribution >= 4 is 16.5 Å². The van der Waals surface area contributed by atoms with E-state index >= 15 is 0 Å². The average molecular weight is 250 g/mol. The predicted molar refractivity (Wildman–Crippen MR) is 77.2 cm³/mol. The summed E-state index contributed by atoms with van der Waals surface area (Å²) in [4.78, 5) is 4.16. The first-order valence-electron chi connectivity index (χ1n) is 6.18. The molecule has 3 nitrogen and oxygen atoms in total. The van der Waals surface area contributed by atoms with Crippen molar-refractivity contribution in [1.29, 1.82) is 0 Å². The molecule has 3 rings (SSSR count). The third kappa shape index (κ3) is 2.50. The second-order valence-electron chi connectivity index (χ2n) is 4.39. The Labute approximate surface area is 111 Å². The summed E-state index contributed by atoms with van der Waals surface area (Å²) in [5, 5.41) is 15.0. The molecular formula is C16H14N2O. The van der Waals surface area contributed by atoms with E-state index in [0.29, 0.717) is 6.54 Å². The maximum Gasteiger partial charge on any atom is 0.133 e. The Balaban J connectivity index is 1.84. The predicted octanol–water partition coefficient (Wildman–Crippen LogP) is 3.55. The highest BCUT2D eigenvalue weighted by Gasteiger charge is 2.00. The molecule has 2 aromatic carbocycles. The molecule has 3 heteroatoms. The summed E-state index contributed by atoms with van der Waals surface area (Å²) in [6.07, 6.45) is 1.46. The molecule has 0 amide bonds. The molecular weight excluding hydrogens is 236 g/mol. The van der Waals surface area contributed by atoms with E-state index in [2.05, 4.69) is 34.6 Å². The van der Waals surface area contributed by atoms with Crippen LogP contribution in [0.1, 0.15) is 5.69 Å². The number of pyridine rings is 1. The molecule has 0 aliphatic heterocycles. The van der Waals surface area contributed by atoms with Crippen molar-refractivity contribution in [3.05, 3.63) is 66.5 Å². The number of hydrogen-bond donors (Lipinski definition) is 2. The second kappa shape index (κ2) is 4.98. The molecule has 0 radical (unpaired) electrons. The van der Waals surface area contributed by atoms with Crippen LogP contribution in [-0.4, -0.2) is 10.1 Å². The number of nitrogens with zero attached hydrogens (tertiary/aromatic N) is 1. The zero-order valence-electron chi connectivity index (χ0n) is 10.4. The van der Waals surface area contributed by atoms with Crippen LogP contribution in [0, 0.1) is 0 Å². The van der Waals surface area contributed by atoms with E-state index in [0.717, 1.165) is 11.4 Å². The Morgan fingerprint density at radius 1 is 0.947 bits per heavy atom. The van der Waals surface area contributed by atoms with Gasteiger partial charge in [-0.15, -0.1) is 0 Å². The molecule has 3 aromatic rings. The molecule has 0 fully saturated rings. The number of aromatic nitrogens is 1. The minimum Gasteiger partial charge on any atom is -0.506 e. The van der Waals surface area contributed by atoms with Crippen LogP contribution in [0.5, 0.6) is 5.75 Å². The molecule has 0 aliphatic rings. The largest absolute Gasteiger partial charge is 0.506 e. The highest BCUT2D eigenvalue weighted by molar-refractivity contribution is 5.93. The molecule has 0 unspecified atom stereocenters. The lowest BCUT2D eigenvalue weighted by Gasteiger charge is -2.09. The van der Waals surface area contributed by atoms with E-state index in [4.69, 9.17) is 0 Å². The first-order valence-corrected chi connectivity index (χ1v) is 6.18. The standard InChI is InChI=1S/C16H14N2O/c19-14-9-8-13(17-11-14)10-18-16-7-3-5-12-4-1-2-6-15(12)16/h1-9,11,18-19H,10H2. The molecule has 0 bridgehead atoms. The Morgan fingerprint density at radius 2 is 1.79 bits per heavy atom. The summed E-state index contributed by atoms with van der Waals surface area (Å²) >= 11 is 0. The first-order chi connectivity index (χ1) is 9.33. The fraction of sp³-hybridized carbons (Fsp3) is 0.0625. The fourth-order valence-electron chi connectivity index (χ4n) is 2.09. The van der Waals surface area contributed by atoms with E-state index in [9.17, 15) is 5.11 Å². The lowest BCUT2D eigenvalue weighted by molar-refractivity contribution is 0.472. The van der Waals surface area contributed by atoms with Crippen LogP contribution in [0.4, 0.5) is 5.69 Å². The molecule has 0 saturated heterocycles. The highest BCUT2D eigenvalue weighted by Crippen LogP contribution is 2.23. The second-order valence-corrected chi connectivity index (χ2v) is 4.39. The molecule has 0 saturated carbocycles. The molecule has 94 valence electrons. The van der Waals surface area contributed by atoms with Gasteiger partial charge in [-0.1, -0.05) is 36.4 Å². The third-order valence-electron chi connectivity index (χ3n) is 3.06. The van der Waals surface area contributed by atoms with Crippen molar-refractivity contribution in [3.63, 3.8) is 0 Å². The maximum atomic E-state index is 9.20. The van der Waals surface area contributed by atoms with Crippen LogP contribution < -0.4 is 5.32 Å². The van der Waals surface area contributed by atoms with Gasteiger partial charge in [0.1, 0.15) is 5.75 Å². The summed E-state index contributed by atoms with van der Waals surface area (Å²) in [5.41, 5.74) is 1.98. The number of hydrogen-bond acceptors (Lipinski definition) is 3. The van der Waals surface area contributed by atoms with Gasteiger partial charge in [-0.05, 0) is 23.6 Å². The van der Waals surface area contributed by atoms with Crippen LogP contribution in [0.2, 0.25) is 0 Å².